The largest absolute Gasteiger partial charge is 0.457 e. The first kappa shape index (κ1) is 13.2. The maximum Gasteiger partial charge on any atom is 0.255 e. The van der Waals surface area contributed by atoms with E-state index in [1.165, 1.54) is 12.5 Å². The Hall–Kier alpha value is -1.27. The average Bonchev–Trinajstić information content (AvgIpc) is 2.74. The van der Waals surface area contributed by atoms with Crippen LogP contribution in [-0.2, 0) is 19.0 Å². The summed E-state index contributed by atoms with van der Waals surface area (Å²) >= 11 is 0. The van der Waals surface area contributed by atoms with E-state index in [1.54, 1.807) is 6.92 Å². The lowest BCUT2D eigenvalue weighted by atomic mass is 9.99. The van der Waals surface area contributed by atoms with Crippen molar-refractivity contribution >= 4 is 5.91 Å². The van der Waals surface area contributed by atoms with Gasteiger partial charge in [0.1, 0.15) is 18.9 Å². The van der Waals surface area contributed by atoms with Gasteiger partial charge in [0.2, 0.25) is 5.91 Å². The normalized spacial score (nSPS) is 29.4. The van der Waals surface area contributed by atoms with Crippen molar-refractivity contribution in [2.24, 2.45) is 5.92 Å². The number of carbonyl (C=O) groups is 1. The highest BCUT2D eigenvalue weighted by Crippen LogP contribution is 2.23. The molecule has 1 fully saturated rings. The molecule has 0 bridgehead atoms. The fraction of sp³-hybridized carbons (Fsp3) is 0.750. The van der Waals surface area contributed by atoms with Crippen LogP contribution in [0.15, 0.2) is 12.5 Å². The van der Waals surface area contributed by atoms with E-state index in [2.05, 4.69) is 17.8 Å². The third-order valence-electron chi connectivity index (χ3n) is 3.21. The summed E-state index contributed by atoms with van der Waals surface area (Å²) in [5.74, 6) is -0.650. The molecule has 2 aliphatic heterocycles. The molecule has 2 atom stereocenters. The van der Waals surface area contributed by atoms with Crippen molar-refractivity contribution in [3.8, 4) is 0 Å². The van der Waals surface area contributed by atoms with E-state index in [4.69, 9.17) is 14.2 Å². The first-order valence-corrected chi connectivity index (χ1v) is 6.22. The third kappa shape index (κ3) is 3.36. The standard InChI is InChI=1S/C12H20N2O4/c1-9-8-16-4-3-10(9)13-14-11(15)7-12(2)17-5-6-18-12/h5-6,9-10,13H,3-4,7-8H2,1-2H3,(H,14,15). The van der Waals surface area contributed by atoms with E-state index in [-0.39, 0.29) is 18.4 Å². The van der Waals surface area contributed by atoms with Crippen LogP contribution in [0, 0.1) is 5.92 Å². The topological polar surface area (TPSA) is 68.8 Å². The van der Waals surface area contributed by atoms with Gasteiger partial charge in [-0.05, 0) is 12.3 Å². The summed E-state index contributed by atoms with van der Waals surface area (Å²) in [5, 5.41) is 0. The number of rotatable bonds is 4. The van der Waals surface area contributed by atoms with Crippen molar-refractivity contribution in [3.05, 3.63) is 12.5 Å². The summed E-state index contributed by atoms with van der Waals surface area (Å²) in [6.07, 6.45) is 3.93. The molecule has 1 amide bonds. The number of carbonyl (C=O) groups excluding carboxylic acids is 1. The molecule has 0 aromatic rings. The zero-order valence-corrected chi connectivity index (χ0v) is 10.8. The van der Waals surface area contributed by atoms with Gasteiger partial charge >= 0.3 is 0 Å². The van der Waals surface area contributed by atoms with E-state index in [1.807, 2.05) is 0 Å². The molecule has 2 rings (SSSR count). The minimum atomic E-state index is -0.882. The summed E-state index contributed by atoms with van der Waals surface area (Å²) in [7, 11) is 0. The molecule has 6 heteroatoms. The van der Waals surface area contributed by atoms with Gasteiger partial charge in [-0.15, -0.1) is 0 Å². The molecule has 0 aromatic carbocycles. The van der Waals surface area contributed by atoms with Gasteiger partial charge in [-0.1, -0.05) is 6.92 Å². The summed E-state index contributed by atoms with van der Waals surface area (Å²) in [5.41, 5.74) is 5.75. The van der Waals surface area contributed by atoms with Crippen LogP contribution in [0.2, 0.25) is 0 Å². The Morgan fingerprint density at radius 1 is 1.44 bits per heavy atom. The van der Waals surface area contributed by atoms with Crippen LogP contribution in [-0.4, -0.2) is 30.9 Å². The van der Waals surface area contributed by atoms with Crippen molar-refractivity contribution in [1.29, 1.82) is 0 Å². The molecule has 0 aliphatic carbocycles. The first-order valence-electron chi connectivity index (χ1n) is 6.22. The second kappa shape index (κ2) is 5.58. The zero-order chi connectivity index (χ0) is 13.0. The second-order valence-electron chi connectivity index (χ2n) is 4.96. The lowest BCUT2D eigenvalue weighted by Gasteiger charge is -2.30. The molecule has 0 aromatic heterocycles. The van der Waals surface area contributed by atoms with Crippen molar-refractivity contribution in [2.45, 2.75) is 38.5 Å². The van der Waals surface area contributed by atoms with E-state index >= 15 is 0 Å². The highest BCUT2D eigenvalue weighted by molar-refractivity contribution is 5.76. The Morgan fingerprint density at radius 2 is 2.17 bits per heavy atom. The summed E-state index contributed by atoms with van der Waals surface area (Å²) in [6.45, 7) is 5.27. The van der Waals surface area contributed by atoms with Crippen LogP contribution in [0.3, 0.4) is 0 Å². The Balaban J connectivity index is 1.71. The molecule has 0 radical (unpaired) electrons. The smallest absolute Gasteiger partial charge is 0.255 e. The average molecular weight is 256 g/mol. The fourth-order valence-electron chi connectivity index (χ4n) is 2.06. The van der Waals surface area contributed by atoms with Crippen LogP contribution >= 0.6 is 0 Å². The lowest BCUT2D eigenvalue weighted by Crippen LogP contribution is -2.51. The maximum atomic E-state index is 11.8. The van der Waals surface area contributed by atoms with Crippen LogP contribution in [0.1, 0.15) is 26.7 Å². The third-order valence-corrected chi connectivity index (χ3v) is 3.21. The molecule has 102 valence electrons. The number of amides is 1. The summed E-state index contributed by atoms with van der Waals surface area (Å²) in [4.78, 5) is 11.8. The Bertz CT molecular complexity index is 324. The van der Waals surface area contributed by atoms with Crippen molar-refractivity contribution in [3.63, 3.8) is 0 Å². The predicted octanol–water partition coefficient (Wildman–Crippen LogP) is 0.656. The molecule has 6 nitrogen and oxygen atoms in total. The second-order valence-corrected chi connectivity index (χ2v) is 4.96. The van der Waals surface area contributed by atoms with Gasteiger partial charge in [0, 0.05) is 19.6 Å². The van der Waals surface area contributed by atoms with Gasteiger partial charge in [0.05, 0.1) is 6.61 Å². The number of ether oxygens (including phenoxy) is 3. The molecule has 0 saturated carbocycles. The van der Waals surface area contributed by atoms with Gasteiger partial charge in [-0.3, -0.25) is 10.2 Å². The summed E-state index contributed by atoms with van der Waals surface area (Å²) < 4.78 is 15.8. The molecular weight excluding hydrogens is 236 g/mol. The maximum absolute atomic E-state index is 11.8. The highest BCUT2D eigenvalue weighted by Gasteiger charge is 2.33. The van der Waals surface area contributed by atoms with Crippen LogP contribution in [0.5, 0.6) is 0 Å². The Labute approximate surface area is 107 Å². The quantitative estimate of drug-likeness (QED) is 0.723. The van der Waals surface area contributed by atoms with Crippen molar-refractivity contribution in [1.82, 2.24) is 10.9 Å². The van der Waals surface area contributed by atoms with Crippen LogP contribution < -0.4 is 10.9 Å². The predicted molar refractivity (Wildman–Crippen MR) is 64.0 cm³/mol. The van der Waals surface area contributed by atoms with E-state index in [0.29, 0.717) is 5.92 Å². The fourth-order valence-corrected chi connectivity index (χ4v) is 2.06. The number of nitrogens with one attached hydrogen (secondary N) is 2. The van der Waals surface area contributed by atoms with E-state index < -0.39 is 5.79 Å². The van der Waals surface area contributed by atoms with Crippen molar-refractivity contribution in [2.75, 3.05) is 13.2 Å². The highest BCUT2D eigenvalue weighted by atomic mass is 16.7. The molecule has 1 saturated heterocycles. The molecule has 2 N–H and O–H groups in total. The number of hydrogen-bond donors (Lipinski definition) is 2. The zero-order valence-electron chi connectivity index (χ0n) is 10.8. The minimum absolute atomic E-state index is 0.143. The van der Waals surface area contributed by atoms with Gasteiger partial charge < -0.3 is 14.2 Å². The monoisotopic (exact) mass is 256 g/mol. The van der Waals surface area contributed by atoms with E-state index in [9.17, 15) is 4.79 Å². The van der Waals surface area contributed by atoms with Gasteiger partial charge in [0.15, 0.2) is 0 Å². The minimum Gasteiger partial charge on any atom is -0.457 e. The van der Waals surface area contributed by atoms with E-state index in [0.717, 1.165) is 19.6 Å². The van der Waals surface area contributed by atoms with Gasteiger partial charge in [-0.2, -0.15) is 0 Å². The van der Waals surface area contributed by atoms with Crippen molar-refractivity contribution < 1.29 is 19.0 Å². The SMILES string of the molecule is CC1COCCC1NNC(=O)CC1(C)OC=CO1. The molecule has 2 unspecified atom stereocenters. The molecule has 2 heterocycles. The number of hydrazine groups is 1. The molecular formula is C12H20N2O4. The molecule has 2 aliphatic rings. The number of hydrogen-bond acceptors (Lipinski definition) is 5. The Kier molecular flexibility index (Phi) is 4.08. The van der Waals surface area contributed by atoms with Crippen LogP contribution in [0.4, 0.5) is 0 Å². The molecule has 18 heavy (non-hydrogen) atoms. The lowest BCUT2D eigenvalue weighted by molar-refractivity contribution is -0.152. The first-order chi connectivity index (χ1) is 8.59. The van der Waals surface area contributed by atoms with Gasteiger partial charge in [-0.25, -0.2) is 5.43 Å². The van der Waals surface area contributed by atoms with Crippen LogP contribution in [0.25, 0.3) is 0 Å². The Morgan fingerprint density at radius 3 is 2.83 bits per heavy atom. The molecule has 0 spiro atoms. The summed E-state index contributed by atoms with van der Waals surface area (Å²) in [6, 6.07) is 0.249. The van der Waals surface area contributed by atoms with Gasteiger partial charge in [0.25, 0.3) is 5.79 Å².